The third-order valence-corrected chi connectivity index (χ3v) is 4.21. The number of aromatic nitrogens is 3. The summed E-state index contributed by atoms with van der Waals surface area (Å²) in [4.78, 5) is 10.3. The summed E-state index contributed by atoms with van der Waals surface area (Å²) in [6.45, 7) is 0.275. The normalized spacial score (nSPS) is 10.6. The number of ether oxygens (including phenoxy) is 1. The van der Waals surface area contributed by atoms with Crippen LogP contribution < -0.4 is 4.74 Å². The molecule has 0 fully saturated rings. The Morgan fingerprint density at radius 1 is 0.893 bits per heavy atom. The third kappa shape index (κ3) is 3.88. The van der Waals surface area contributed by atoms with Gasteiger partial charge in [0.25, 0.3) is 5.69 Å². The van der Waals surface area contributed by atoms with Gasteiger partial charge in [0.05, 0.1) is 16.8 Å². The molecular weight excluding hydrogens is 356 g/mol. The van der Waals surface area contributed by atoms with Gasteiger partial charge >= 0.3 is 0 Å². The van der Waals surface area contributed by atoms with E-state index in [2.05, 4.69) is 22.4 Å². The van der Waals surface area contributed by atoms with Crippen LogP contribution in [-0.4, -0.2) is 19.9 Å². The zero-order valence-electron chi connectivity index (χ0n) is 14.8. The standard InChI is InChI=1S/C21H16N4O3/c26-25(27)20-10-8-19(9-11-20)24-14-18(22-23-24)15-28-21-12-6-17(7-13-21)16-4-2-1-3-5-16/h1-14H,15H2. The average molecular weight is 372 g/mol. The van der Waals surface area contributed by atoms with Crippen LogP contribution in [0.3, 0.4) is 0 Å². The van der Waals surface area contributed by atoms with Gasteiger partial charge in [-0.2, -0.15) is 0 Å². The first-order valence-electron chi connectivity index (χ1n) is 8.63. The Morgan fingerprint density at radius 3 is 2.25 bits per heavy atom. The van der Waals surface area contributed by atoms with Crippen LogP contribution >= 0.6 is 0 Å². The van der Waals surface area contributed by atoms with Gasteiger partial charge < -0.3 is 4.74 Å². The summed E-state index contributed by atoms with van der Waals surface area (Å²) in [6, 6.07) is 24.1. The third-order valence-electron chi connectivity index (χ3n) is 4.21. The lowest BCUT2D eigenvalue weighted by atomic mass is 10.1. The van der Waals surface area contributed by atoms with Crippen molar-refractivity contribution in [3.63, 3.8) is 0 Å². The molecule has 7 heteroatoms. The summed E-state index contributed by atoms with van der Waals surface area (Å²) in [7, 11) is 0. The molecule has 4 aromatic rings. The molecule has 138 valence electrons. The molecule has 4 rings (SSSR count). The SMILES string of the molecule is O=[N+]([O-])c1ccc(-n2cc(COc3ccc(-c4ccccc4)cc3)nn2)cc1. The van der Waals surface area contributed by atoms with Crippen LogP contribution in [0.4, 0.5) is 5.69 Å². The van der Waals surface area contributed by atoms with E-state index in [1.807, 2.05) is 42.5 Å². The van der Waals surface area contributed by atoms with E-state index in [0.717, 1.165) is 16.9 Å². The topological polar surface area (TPSA) is 83.1 Å². The Morgan fingerprint density at radius 2 is 1.57 bits per heavy atom. The number of hydrogen-bond donors (Lipinski definition) is 0. The molecule has 1 heterocycles. The summed E-state index contributed by atoms with van der Waals surface area (Å²) < 4.78 is 7.33. The van der Waals surface area contributed by atoms with Crippen molar-refractivity contribution in [1.29, 1.82) is 0 Å². The minimum absolute atomic E-state index is 0.0337. The Hall–Kier alpha value is -4.00. The van der Waals surface area contributed by atoms with Crippen LogP contribution in [0.1, 0.15) is 5.69 Å². The van der Waals surface area contributed by atoms with Crippen molar-refractivity contribution in [2.24, 2.45) is 0 Å². The molecule has 0 N–H and O–H groups in total. The monoisotopic (exact) mass is 372 g/mol. The van der Waals surface area contributed by atoms with Crippen molar-refractivity contribution >= 4 is 5.69 Å². The van der Waals surface area contributed by atoms with Crippen molar-refractivity contribution < 1.29 is 9.66 Å². The van der Waals surface area contributed by atoms with Crippen LogP contribution in [0.15, 0.2) is 85.1 Å². The van der Waals surface area contributed by atoms with Gasteiger partial charge in [-0.3, -0.25) is 10.1 Å². The minimum Gasteiger partial charge on any atom is -0.487 e. The molecule has 0 saturated heterocycles. The fourth-order valence-electron chi connectivity index (χ4n) is 2.75. The molecule has 0 spiro atoms. The summed E-state index contributed by atoms with van der Waals surface area (Å²) in [5.74, 6) is 0.740. The van der Waals surface area contributed by atoms with Crippen molar-refractivity contribution in [3.8, 4) is 22.6 Å². The number of non-ortho nitro benzene ring substituents is 1. The van der Waals surface area contributed by atoms with Crippen LogP contribution in [0.2, 0.25) is 0 Å². The molecule has 0 bridgehead atoms. The molecule has 0 saturated carbocycles. The number of rotatable bonds is 6. The molecule has 3 aromatic carbocycles. The molecule has 0 unspecified atom stereocenters. The first kappa shape index (κ1) is 17.4. The van der Waals surface area contributed by atoms with Gasteiger partial charge in [-0.25, -0.2) is 4.68 Å². The van der Waals surface area contributed by atoms with E-state index in [1.54, 1.807) is 23.0 Å². The Kier molecular flexibility index (Phi) is 4.79. The molecule has 0 aliphatic heterocycles. The van der Waals surface area contributed by atoms with Gasteiger partial charge in [-0.1, -0.05) is 47.7 Å². The van der Waals surface area contributed by atoms with Crippen LogP contribution in [0, 0.1) is 10.1 Å². The van der Waals surface area contributed by atoms with Gasteiger partial charge in [0, 0.05) is 12.1 Å². The first-order chi connectivity index (χ1) is 13.7. The lowest BCUT2D eigenvalue weighted by molar-refractivity contribution is -0.384. The smallest absolute Gasteiger partial charge is 0.269 e. The van der Waals surface area contributed by atoms with Crippen LogP contribution in [-0.2, 0) is 6.61 Å². The lowest BCUT2D eigenvalue weighted by Gasteiger charge is -2.06. The maximum absolute atomic E-state index is 10.7. The fraction of sp³-hybridized carbons (Fsp3) is 0.0476. The highest BCUT2D eigenvalue weighted by Crippen LogP contribution is 2.22. The Labute approximate surface area is 161 Å². The van der Waals surface area contributed by atoms with Crippen molar-refractivity contribution in [1.82, 2.24) is 15.0 Å². The lowest BCUT2D eigenvalue weighted by Crippen LogP contribution is -1.96. The largest absolute Gasteiger partial charge is 0.487 e. The number of nitrogens with zero attached hydrogens (tertiary/aromatic N) is 4. The number of hydrogen-bond acceptors (Lipinski definition) is 5. The second-order valence-corrected chi connectivity index (χ2v) is 6.11. The molecule has 0 radical (unpaired) electrons. The van der Waals surface area contributed by atoms with Gasteiger partial charge in [-0.15, -0.1) is 5.10 Å². The molecule has 0 atom stereocenters. The van der Waals surface area contributed by atoms with Crippen LogP contribution in [0.5, 0.6) is 5.75 Å². The van der Waals surface area contributed by atoms with E-state index < -0.39 is 4.92 Å². The van der Waals surface area contributed by atoms with E-state index in [4.69, 9.17) is 4.74 Å². The number of benzene rings is 3. The van der Waals surface area contributed by atoms with Crippen LogP contribution in [0.25, 0.3) is 16.8 Å². The van der Waals surface area contributed by atoms with Crippen molar-refractivity contribution in [2.75, 3.05) is 0 Å². The molecule has 1 aromatic heterocycles. The first-order valence-corrected chi connectivity index (χ1v) is 8.63. The van der Waals surface area contributed by atoms with Gasteiger partial charge in [0.1, 0.15) is 18.1 Å². The highest BCUT2D eigenvalue weighted by Gasteiger charge is 2.08. The van der Waals surface area contributed by atoms with E-state index in [0.29, 0.717) is 11.4 Å². The van der Waals surface area contributed by atoms with Crippen molar-refractivity contribution in [2.45, 2.75) is 6.61 Å². The summed E-state index contributed by atoms with van der Waals surface area (Å²) in [6.07, 6.45) is 1.74. The summed E-state index contributed by atoms with van der Waals surface area (Å²) in [5.41, 5.74) is 3.66. The Balaban J connectivity index is 1.40. The van der Waals surface area contributed by atoms with E-state index in [-0.39, 0.29) is 12.3 Å². The second-order valence-electron chi connectivity index (χ2n) is 6.11. The highest BCUT2D eigenvalue weighted by molar-refractivity contribution is 5.63. The van der Waals surface area contributed by atoms with Gasteiger partial charge in [-0.05, 0) is 35.4 Å². The van der Waals surface area contributed by atoms with Gasteiger partial charge in [0.2, 0.25) is 0 Å². The van der Waals surface area contributed by atoms with Crippen molar-refractivity contribution in [3.05, 3.63) is 101 Å². The quantitative estimate of drug-likeness (QED) is 0.369. The molecular formula is C21H16N4O3. The molecule has 0 aliphatic rings. The Bertz CT molecular complexity index is 1070. The summed E-state index contributed by atoms with van der Waals surface area (Å²) >= 11 is 0. The van der Waals surface area contributed by atoms with E-state index in [9.17, 15) is 10.1 Å². The molecule has 28 heavy (non-hydrogen) atoms. The zero-order valence-corrected chi connectivity index (χ0v) is 14.8. The number of nitro groups is 1. The molecule has 7 nitrogen and oxygen atoms in total. The van der Waals surface area contributed by atoms with Gasteiger partial charge in [0.15, 0.2) is 0 Å². The number of nitro benzene ring substituents is 1. The maximum Gasteiger partial charge on any atom is 0.269 e. The molecule has 0 amide bonds. The van der Waals surface area contributed by atoms with E-state index in [1.165, 1.54) is 12.1 Å². The minimum atomic E-state index is -0.437. The average Bonchev–Trinajstić information content (AvgIpc) is 3.22. The van der Waals surface area contributed by atoms with E-state index >= 15 is 0 Å². The highest BCUT2D eigenvalue weighted by atomic mass is 16.6. The maximum atomic E-state index is 10.7. The predicted molar refractivity (Wildman–Crippen MR) is 104 cm³/mol. The predicted octanol–water partition coefficient (Wildman–Crippen LogP) is 4.42. The summed E-state index contributed by atoms with van der Waals surface area (Å²) in [5, 5.41) is 18.9. The zero-order chi connectivity index (χ0) is 19.3. The molecule has 0 aliphatic carbocycles. The second kappa shape index (κ2) is 7.71. The fourth-order valence-corrected chi connectivity index (χ4v) is 2.75.